The summed E-state index contributed by atoms with van der Waals surface area (Å²) >= 11 is 0. The fourth-order valence-corrected chi connectivity index (χ4v) is 1.65. The molecule has 0 aliphatic rings. The zero-order valence-corrected chi connectivity index (χ0v) is 10.5. The van der Waals surface area contributed by atoms with E-state index in [1.807, 2.05) is 26.1 Å². The van der Waals surface area contributed by atoms with Crippen molar-refractivity contribution < 1.29 is 9.90 Å². The molecule has 4 heteroatoms. The van der Waals surface area contributed by atoms with Gasteiger partial charge in [0, 0.05) is 32.5 Å². The molecular formula is C13H20N2O2. The summed E-state index contributed by atoms with van der Waals surface area (Å²) in [6.45, 7) is 2.15. The number of carbonyl (C=O) groups is 1. The lowest BCUT2D eigenvalue weighted by Crippen LogP contribution is -2.29. The SMILES string of the molecule is CC(c1ccncc1)N(C)C(=O)CCCCO. The van der Waals surface area contributed by atoms with Crippen LogP contribution < -0.4 is 0 Å². The molecule has 0 aliphatic heterocycles. The Morgan fingerprint density at radius 2 is 2.06 bits per heavy atom. The van der Waals surface area contributed by atoms with E-state index in [0.717, 1.165) is 12.0 Å². The highest BCUT2D eigenvalue weighted by atomic mass is 16.3. The second-order valence-corrected chi connectivity index (χ2v) is 4.14. The Morgan fingerprint density at radius 1 is 1.41 bits per heavy atom. The molecule has 0 saturated carbocycles. The van der Waals surface area contributed by atoms with Gasteiger partial charge in [0.25, 0.3) is 0 Å². The summed E-state index contributed by atoms with van der Waals surface area (Å²) in [5, 5.41) is 8.67. The second kappa shape index (κ2) is 7.01. The van der Waals surface area contributed by atoms with E-state index < -0.39 is 0 Å². The van der Waals surface area contributed by atoms with Gasteiger partial charge in [-0.1, -0.05) is 0 Å². The number of hydrogen-bond donors (Lipinski definition) is 1. The van der Waals surface area contributed by atoms with Crippen molar-refractivity contribution >= 4 is 5.91 Å². The number of aromatic nitrogens is 1. The Balaban J connectivity index is 2.51. The number of unbranched alkanes of at least 4 members (excludes halogenated alkanes) is 1. The highest BCUT2D eigenvalue weighted by Crippen LogP contribution is 2.18. The number of hydrogen-bond acceptors (Lipinski definition) is 3. The van der Waals surface area contributed by atoms with Crippen molar-refractivity contribution in [3.8, 4) is 0 Å². The van der Waals surface area contributed by atoms with Crippen LogP contribution in [0.3, 0.4) is 0 Å². The van der Waals surface area contributed by atoms with Crippen LogP contribution in [0.2, 0.25) is 0 Å². The summed E-state index contributed by atoms with van der Waals surface area (Å²) in [7, 11) is 1.81. The highest BCUT2D eigenvalue weighted by molar-refractivity contribution is 5.76. The molecule has 0 radical (unpaired) electrons. The zero-order chi connectivity index (χ0) is 12.7. The summed E-state index contributed by atoms with van der Waals surface area (Å²) in [6, 6.07) is 3.89. The molecule has 0 fully saturated rings. The van der Waals surface area contributed by atoms with Crippen molar-refractivity contribution in [2.24, 2.45) is 0 Å². The lowest BCUT2D eigenvalue weighted by molar-refractivity contribution is -0.131. The van der Waals surface area contributed by atoms with Gasteiger partial charge < -0.3 is 10.0 Å². The topological polar surface area (TPSA) is 53.4 Å². The van der Waals surface area contributed by atoms with E-state index in [2.05, 4.69) is 4.98 Å². The number of pyridine rings is 1. The number of aliphatic hydroxyl groups excluding tert-OH is 1. The van der Waals surface area contributed by atoms with E-state index in [-0.39, 0.29) is 18.6 Å². The van der Waals surface area contributed by atoms with E-state index >= 15 is 0 Å². The monoisotopic (exact) mass is 236 g/mol. The quantitative estimate of drug-likeness (QED) is 0.766. The van der Waals surface area contributed by atoms with Crippen LogP contribution in [0, 0.1) is 0 Å². The summed E-state index contributed by atoms with van der Waals surface area (Å²) in [5.41, 5.74) is 1.08. The van der Waals surface area contributed by atoms with Crippen molar-refractivity contribution in [2.75, 3.05) is 13.7 Å². The Morgan fingerprint density at radius 3 is 2.65 bits per heavy atom. The minimum absolute atomic E-state index is 0.0552. The Hall–Kier alpha value is -1.42. The third-order valence-corrected chi connectivity index (χ3v) is 2.96. The normalized spacial score (nSPS) is 12.2. The molecule has 0 saturated heterocycles. The van der Waals surface area contributed by atoms with Gasteiger partial charge >= 0.3 is 0 Å². The molecule has 94 valence electrons. The molecule has 4 nitrogen and oxygen atoms in total. The Labute approximate surface area is 102 Å². The Bertz CT molecular complexity index is 341. The fraction of sp³-hybridized carbons (Fsp3) is 0.538. The summed E-state index contributed by atoms with van der Waals surface area (Å²) in [6.07, 6.45) is 5.38. The third kappa shape index (κ3) is 4.15. The first-order valence-electron chi connectivity index (χ1n) is 5.93. The highest BCUT2D eigenvalue weighted by Gasteiger charge is 2.16. The van der Waals surface area contributed by atoms with Crippen molar-refractivity contribution in [3.05, 3.63) is 30.1 Å². The van der Waals surface area contributed by atoms with Crippen LogP contribution in [0.5, 0.6) is 0 Å². The molecule has 1 aromatic heterocycles. The van der Waals surface area contributed by atoms with Crippen molar-refractivity contribution in [2.45, 2.75) is 32.2 Å². The molecule has 0 aromatic carbocycles. The summed E-state index contributed by atoms with van der Waals surface area (Å²) < 4.78 is 0. The van der Waals surface area contributed by atoms with Crippen LogP contribution in [0.1, 0.15) is 37.8 Å². The maximum absolute atomic E-state index is 11.9. The first-order valence-corrected chi connectivity index (χ1v) is 5.93. The number of rotatable bonds is 6. The van der Waals surface area contributed by atoms with E-state index in [0.29, 0.717) is 12.8 Å². The van der Waals surface area contributed by atoms with E-state index in [4.69, 9.17) is 5.11 Å². The minimum atomic E-state index is 0.0552. The zero-order valence-electron chi connectivity index (χ0n) is 10.5. The van der Waals surface area contributed by atoms with Crippen LogP contribution in [0.4, 0.5) is 0 Å². The molecule has 1 atom stereocenters. The van der Waals surface area contributed by atoms with Gasteiger partial charge in [-0.25, -0.2) is 0 Å². The van der Waals surface area contributed by atoms with E-state index in [9.17, 15) is 4.79 Å². The number of amides is 1. The predicted octanol–water partition coefficient (Wildman–Crippen LogP) is 1.76. The molecular weight excluding hydrogens is 216 g/mol. The molecule has 1 aromatic rings. The summed E-state index contributed by atoms with van der Waals surface area (Å²) in [4.78, 5) is 17.6. The van der Waals surface area contributed by atoms with Gasteiger partial charge in [-0.05, 0) is 37.5 Å². The Kier molecular flexibility index (Phi) is 5.63. The smallest absolute Gasteiger partial charge is 0.222 e. The lowest BCUT2D eigenvalue weighted by atomic mass is 10.1. The third-order valence-electron chi connectivity index (χ3n) is 2.96. The van der Waals surface area contributed by atoms with Gasteiger partial charge in [0.1, 0.15) is 0 Å². The van der Waals surface area contributed by atoms with Crippen LogP contribution in [0.15, 0.2) is 24.5 Å². The van der Waals surface area contributed by atoms with E-state index in [1.165, 1.54) is 0 Å². The van der Waals surface area contributed by atoms with E-state index in [1.54, 1.807) is 17.3 Å². The molecule has 0 spiro atoms. The molecule has 1 heterocycles. The van der Waals surface area contributed by atoms with Crippen molar-refractivity contribution in [1.29, 1.82) is 0 Å². The van der Waals surface area contributed by atoms with Gasteiger partial charge in [-0.2, -0.15) is 0 Å². The average molecular weight is 236 g/mol. The predicted molar refractivity (Wildman–Crippen MR) is 66.4 cm³/mol. The number of carbonyl (C=O) groups excluding carboxylic acids is 1. The first-order chi connectivity index (χ1) is 8.16. The molecule has 0 aliphatic carbocycles. The van der Waals surface area contributed by atoms with Crippen molar-refractivity contribution in [3.63, 3.8) is 0 Å². The summed E-state index contributed by atoms with van der Waals surface area (Å²) in [5.74, 6) is 0.114. The maximum Gasteiger partial charge on any atom is 0.222 e. The molecule has 0 bridgehead atoms. The molecule has 17 heavy (non-hydrogen) atoms. The van der Waals surface area contributed by atoms with Gasteiger partial charge in [0.05, 0.1) is 6.04 Å². The molecule has 1 N–H and O–H groups in total. The number of nitrogens with zero attached hydrogens (tertiary/aromatic N) is 2. The van der Waals surface area contributed by atoms with Crippen LogP contribution >= 0.6 is 0 Å². The maximum atomic E-state index is 11.9. The van der Waals surface area contributed by atoms with Gasteiger partial charge in [-0.3, -0.25) is 9.78 Å². The molecule has 1 amide bonds. The van der Waals surface area contributed by atoms with Gasteiger partial charge in [0.2, 0.25) is 5.91 Å². The molecule has 1 rings (SSSR count). The van der Waals surface area contributed by atoms with Gasteiger partial charge in [-0.15, -0.1) is 0 Å². The molecule has 1 unspecified atom stereocenters. The number of aliphatic hydroxyl groups is 1. The van der Waals surface area contributed by atoms with Crippen LogP contribution in [-0.2, 0) is 4.79 Å². The largest absolute Gasteiger partial charge is 0.396 e. The van der Waals surface area contributed by atoms with Crippen LogP contribution in [-0.4, -0.2) is 34.6 Å². The van der Waals surface area contributed by atoms with Crippen LogP contribution in [0.25, 0.3) is 0 Å². The standard InChI is InChI=1S/C13H20N2O2/c1-11(12-6-8-14-9-7-12)15(2)13(17)5-3-4-10-16/h6-9,11,16H,3-5,10H2,1-2H3. The lowest BCUT2D eigenvalue weighted by Gasteiger charge is -2.25. The minimum Gasteiger partial charge on any atom is -0.396 e. The fourth-order valence-electron chi connectivity index (χ4n) is 1.65. The first kappa shape index (κ1) is 13.6. The van der Waals surface area contributed by atoms with Gasteiger partial charge in [0.15, 0.2) is 0 Å². The second-order valence-electron chi connectivity index (χ2n) is 4.14. The van der Waals surface area contributed by atoms with Crippen molar-refractivity contribution in [1.82, 2.24) is 9.88 Å². The average Bonchev–Trinajstić information content (AvgIpc) is 2.38.